The predicted molar refractivity (Wildman–Crippen MR) is 130 cm³/mol. The van der Waals surface area contributed by atoms with Crippen molar-refractivity contribution in [1.29, 1.82) is 0 Å². The summed E-state index contributed by atoms with van der Waals surface area (Å²) in [6, 6.07) is -1.55. The summed E-state index contributed by atoms with van der Waals surface area (Å²) >= 11 is 0. The van der Waals surface area contributed by atoms with Crippen LogP contribution >= 0.6 is 0 Å². The molecule has 3 aliphatic heterocycles. The maximum absolute atomic E-state index is 12.6. The maximum Gasteiger partial charge on any atom is 0.364 e. The number of amides is 1. The molecule has 0 aromatic heterocycles. The lowest BCUT2D eigenvalue weighted by Gasteiger charge is -2.51. The van der Waals surface area contributed by atoms with Crippen LogP contribution in [0.25, 0.3) is 0 Å². The fourth-order valence-corrected chi connectivity index (χ4v) is 5.16. The van der Waals surface area contributed by atoms with E-state index in [1.54, 1.807) is 0 Å². The molecule has 1 amide bonds. The van der Waals surface area contributed by atoms with Gasteiger partial charge in [0.25, 0.3) is 5.79 Å². The molecule has 0 bridgehead atoms. The van der Waals surface area contributed by atoms with Gasteiger partial charge in [0.15, 0.2) is 12.6 Å². The molecule has 250 valence electrons. The zero-order valence-corrected chi connectivity index (χ0v) is 22.7. The summed E-state index contributed by atoms with van der Waals surface area (Å²) in [5, 5.41) is 124. The van der Waals surface area contributed by atoms with Crippen molar-refractivity contribution in [3.8, 4) is 0 Å². The van der Waals surface area contributed by atoms with Gasteiger partial charge in [-0.15, -0.1) is 0 Å². The summed E-state index contributed by atoms with van der Waals surface area (Å²) < 4.78 is 27.1. The van der Waals surface area contributed by atoms with Crippen molar-refractivity contribution in [2.45, 2.75) is 111 Å². The number of aliphatic hydroxyl groups excluding tert-OH is 11. The van der Waals surface area contributed by atoms with Crippen LogP contribution in [0.15, 0.2) is 0 Å². The van der Waals surface area contributed by atoms with Gasteiger partial charge in [-0.3, -0.25) is 4.79 Å². The minimum absolute atomic E-state index is 0.756. The van der Waals surface area contributed by atoms with Crippen molar-refractivity contribution in [2.75, 3.05) is 19.8 Å². The molecule has 0 spiro atoms. The molecule has 0 aromatic carbocycles. The molecule has 0 saturated carbocycles. The van der Waals surface area contributed by atoms with Crippen LogP contribution in [0, 0.1) is 0 Å². The Bertz CT molecular complexity index is 942. The van der Waals surface area contributed by atoms with E-state index in [9.17, 15) is 70.9 Å². The van der Waals surface area contributed by atoms with Crippen LogP contribution in [-0.4, -0.2) is 191 Å². The fourth-order valence-electron chi connectivity index (χ4n) is 5.16. The number of carboxylic acid groups (broad SMARTS) is 1. The van der Waals surface area contributed by atoms with Gasteiger partial charge in [0, 0.05) is 13.3 Å². The van der Waals surface area contributed by atoms with Crippen molar-refractivity contribution in [1.82, 2.24) is 5.32 Å². The average molecular weight is 634 g/mol. The maximum atomic E-state index is 12.6. The largest absolute Gasteiger partial charge is 0.477 e. The number of hydrogen-bond acceptors (Lipinski definition) is 18. The molecule has 0 aromatic rings. The van der Waals surface area contributed by atoms with E-state index in [4.69, 9.17) is 23.7 Å². The molecule has 3 rings (SSSR count). The zero-order valence-electron chi connectivity index (χ0n) is 22.7. The number of hydrogen-bond donors (Lipinski definition) is 13. The lowest BCUT2D eigenvalue weighted by Crippen LogP contribution is -2.71. The second-order valence-corrected chi connectivity index (χ2v) is 10.5. The molecule has 16 atom stereocenters. The highest BCUT2D eigenvalue weighted by atomic mass is 16.8. The number of carboxylic acids is 1. The number of nitrogens with one attached hydrogen (secondary N) is 1. The summed E-state index contributed by atoms with van der Waals surface area (Å²) in [4.78, 5) is 24.4. The first kappa shape index (κ1) is 35.8. The molecule has 3 fully saturated rings. The lowest BCUT2D eigenvalue weighted by atomic mass is 9.88. The number of ether oxygens (including phenoxy) is 5. The van der Waals surface area contributed by atoms with E-state index in [1.165, 1.54) is 0 Å². The van der Waals surface area contributed by atoms with Crippen LogP contribution in [0.1, 0.15) is 13.3 Å². The van der Waals surface area contributed by atoms with Crippen molar-refractivity contribution < 1.29 is 94.6 Å². The van der Waals surface area contributed by atoms with Crippen molar-refractivity contribution >= 4 is 11.9 Å². The van der Waals surface area contributed by atoms with Gasteiger partial charge >= 0.3 is 5.97 Å². The van der Waals surface area contributed by atoms with Crippen LogP contribution in [0.4, 0.5) is 0 Å². The summed E-state index contributed by atoms with van der Waals surface area (Å²) in [6.45, 7) is -1.86. The summed E-state index contributed by atoms with van der Waals surface area (Å²) in [5.41, 5.74) is 0. The number of aliphatic carboxylic acids is 1. The Morgan fingerprint density at radius 3 is 2.07 bits per heavy atom. The average Bonchev–Trinajstić information content (AvgIpc) is 2.96. The van der Waals surface area contributed by atoms with Crippen LogP contribution in [0.3, 0.4) is 0 Å². The quantitative estimate of drug-likeness (QED) is 0.100. The van der Waals surface area contributed by atoms with Gasteiger partial charge in [0.1, 0.15) is 67.1 Å². The number of carbonyl (C=O) groups excluding carboxylic acids is 1. The zero-order chi connectivity index (χ0) is 32.4. The van der Waals surface area contributed by atoms with Gasteiger partial charge in [0.05, 0.1) is 32.0 Å². The van der Waals surface area contributed by atoms with Crippen LogP contribution in [-0.2, 0) is 33.3 Å². The van der Waals surface area contributed by atoms with Gasteiger partial charge < -0.3 is 90.3 Å². The SMILES string of the molecule is CC(=O)N[C@@H]1[C@@H](O)C[C@](O[C@H]2[C@H](O[C@@H]3O[C@H](CO)[C@H](O)[C@H](O)[C@H]3O)[C@@H](CO)OC(O)[C@@H]2O)(C(=O)O)O[C@H]1C(O)C(O)CO. The van der Waals surface area contributed by atoms with Gasteiger partial charge in [-0.25, -0.2) is 4.79 Å². The van der Waals surface area contributed by atoms with E-state index in [1.807, 2.05) is 0 Å². The van der Waals surface area contributed by atoms with Gasteiger partial charge in [-0.2, -0.15) is 0 Å². The molecular formula is C23H39NO19. The molecule has 3 heterocycles. The molecule has 20 heteroatoms. The molecule has 13 N–H and O–H groups in total. The second-order valence-electron chi connectivity index (χ2n) is 10.5. The summed E-state index contributed by atoms with van der Waals surface area (Å²) in [6.07, 6.45) is -28.1. The number of rotatable bonds is 11. The summed E-state index contributed by atoms with van der Waals surface area (Å²) in [5.74, 6) is -5.78. The minimum atomic E-state index is -3.05. The predicted octanol–water partition coefficient (Wildman–Crippen LogP) is -8.22. The lowest BCUT2D eigenvalue weighted by molar-refractivity contribution is -0.390. The highest BCUT2D eigenvalue weighted by molar-refractivity contribution is 5.76. The Labute approximate surface area is 243 Å². The highest BCUT2D eigenvalue weighted by Crippen LogP contribution is 2.38. The second kappa shape index (κ2) is 14.6. The Morgan fingerprint density at radius 1 is 0.907 bits per heavy atom. The third-order valence-electron chi connectivity index (χ3n) is 7.47. The molecular weight excluding hydrogens is 594 g/mol. The molecule has 43 heavy (non-hydrogen) atoms. The minimum Gasteiger partial charge on any atom is -0.477 e. The number of carbonyl (C=O) groups is 2. The monoisotopic (exact) mass is 633 g/mol. The van der Waals surface area contributed by atoms with Crippen molar-refractivity contribution in [3.05, 3.63) is 0 Å². The van der Waals surface area contributed by atoms with Crippen LogP contribution < -0.4 is 5.32 Å². The first-order valence-corrected chi connectivity index (χ1v) is 13.2. The molecule has 0 radical (unpaired) electrons. The topological polar surface area (TPSA) is 335 Å². The molecule has 0 aliphatic carbocycles. The van der Waals surface area contributed by atoms with Crippen molar-refractivity contribution in [2.24, 2.45) is 0 Å². The van der Waals surface area contributed by atoms with Crippen LogP contribution in [0.5, 0.6) is 0 Å². The Morgan fingerprint density at radius 2 is 1.53 bits per heavy atom. The van der Waals surface area contributed by atoms with Gasteiger partial charge in [-0.1, -0.05) is 0 Å². The van der Waals surface area contributed by atoms with E-state index in [0.717, 1.165) is 6.92 Å². The van der Waals surface area contributed by atoms with Crippen molar-refractivity contribution in [3.63, 3.8) is 0 Å². The smallest absolute Gasteiger partial charge is 0.364 e. The van der Waals surface area contributed by atoms with E-state index >= 15 is 0 Å². The Kier molecular flexibility index (Phi) is 12.1. The Balaban J connectivity index is 2.01. The standard InChI is InChI=1S/C23H39NO19/c1-6(28)24-11-7(29)2-23(22(37)38,42-18(11)12(31)8(30)3-25)43-19-16(35)20(36)39-10(5-27)17(19)41-21-15(34)14(33)13(32)9(4-26)40-21/h7-21,25-27,29-36H,2-5H2,1H3,(H,24,28)(H,37,38)/t7-,8?,9+,10+,11+,12?,13-,14-,15+,16+,17+,18+,19+,20?,21-,23-/m0/s1. The van der Waals surface area contributed by atoms with E-state index < -0.39 is 136 Å². The van der Waals surface area contributed by atoms with Gasteiger partial charge in [-0.05, 0) is 0 Å². The fraction of sp³-hybridized carbons (Fsp3) is 0.913. The number of aliphatic hydroxyl groups is 11. The molecule has 3 unspecified atom stereocenters. The normalized spacial score (nSPS) is 45.3. The van der Waals surface area contributed by atoms with E-state index in [2.05, 4.69) is 5.32 Å². The van der Waals surface area contributed by atoms with E-state index in [0.29, 0.717) is 0 Å². The third kappa shape index (κ3) is 7.41. The van der Waals surface area contributed by atoms with E-state index in [-0.39, 0.29) is 0 Å². The van der Waals surface area contributed by atoms with Gasteiger partial charge in [0.2, 0.25) is 5.91 Å². The highest BCUT2D eigenvalue weighted by Gasteiger charge is 2.60. The Hall–Kier alpha value is -1.70. The van der Waals surface area contributed by atoms with Crippen LogP contribution in [0.2, 0.25) is 0 Å². The molecule has 3 saturated heterocycles. The summed E-state index contributed by atoms with van der Waals surface area (Å²) in [7, 11) is 0. The molecule has 20 nitrogen and oxygen atoms in total. The first-order chi connectivity index (χ1) is 20.1. The molecule has 3 aliphatic rings. The first-order valence-electron chi connectivity index (χ1n) is 13.2. The third-order valence-corrected chi connectivity index (χ3v) is 7.47.